The molecule has 1 aliphatic heterocycles. The van der Waals surface area contributed by atoms with Gasteiger partial charge < -0.3 is 15.2 Å². The van der Waals surface area contributed by atoms with E-state index < -0.39 is 5.97 Å². The molecule has 5 nitrogen and oxygen atoms in total. The van der Waals surface area contributed by atoms with E-state index in [1.54, 1.807) is 0 Å². The Morgan fingerprint density at radius 1 is 1.59 bits per heavy atom. The van der Waals surface area contributed by atoms with Gasteiger partial charge in [-0.25, -0.2) is 4.79 Å². The highest BCUT2D eigenvalue weighted by Gasteiger charge is 2.15. The van der Waals surface area contributed by atoms with Crippen LogP contribution in [0.4, 0.5) is 5.69 Å². The number of nitrogens with zero attached hydrogens (tertiary/aromatic N) is 1. The van der Waals surface area contributed by atoms with Gasteiger partial charge in [0.15, 0.2) is 0 Å². The third-order valence-electron chi connectivity index (χ3n) is 2.85. The maximum Gasteiger partial charge on any atom is 0.337 e. The van der Waals surface area contributed by atoms with Gasteiger partial charge in [0.25, 0.3) is 0 Å². The standard InChI is InChI=1S/C12H16N2O3/c15-12(16)10-4-5-13-8-11(10)14-7-9-3-1-2-6-17-9/h4-5,8-9,14H,1-3,6-7H2,(H,15,16)/t9-/m0/s1. The van der Waals surface area contributed by atoms with E-state index in [4.69, 9.17) is 9.84 Å². The summed E-state index contributed by atoms with van der Waals surface area (Å²) in [5.41, 5.74) is 0.796. The zero-order chi connectivity index (χ0) is 12.1. The summed E-state index contributed by atoms with van der Waals surface area (Å²) in [7, 11) is 0. The number of ether oxygens (including phenoxy) is 1. The molecule has 1 atom stereocenters. The summed E-state index contributed by atoms with van der Waals surface area (Å²) in [5.74, 6) is -0.945. The Morgan fingerprint density at radius 2 is 2.47 bits per heavy atom. The van der Waals surface area contributed by atoms with Gasteiger partial charge in [-0.1, -0.05) is 0 Å². The van der Waals surface area contributed by atoms with E-state index in [-0.39, 0.29) is 11.7 Å². The lowest BCUT2D eigenvalue weighted by molar-refractivity contribution is 0.0247. The first-order valence-electron chi connectivity index (χ1n) is 5.80. The molecule has 17 heavy (non-hydrogen) atoms. The zero-order valence-electron chi connectivity index (χ0n) is 9.56. The van der Waals surface area contributed by atoms with Crippen molar-refractivity contribution in [3.63, 3.8) is 0 Å². The molecular formula is C12H16N2O3. The van der Waals surface area contributed by atoms with E-state index in [1.807, 2.05) is 0 Å². The molecule has 1 aliphatic rings. The molecule has 2 rings (SSSR count). The van der Waals surface area contributed by atoms with Crippen LogP contribution >= 0.6 is 0 Å². The molecule has 1 aromatic heterocycles. The molecule has 0 bridgehead atoms. The number of carboxylic acid groups (broad SMARTS) is 1. The number of nitrogens with one attached hydrogen (secondary N) is 1. The van der Waals surface area contributed by atoms with Crippen molar-refractivity contribution in [1.29, 1.82) is 0 Å². The van der Waals surface area contributed by atoms with Gasteiger partial charge in [0.1, 0.15) is 0 Å². The third-order valence-corrected chi connectivity index (χ3v) is 2.85. The number of hydrogen-bond donors (Lipinski definition) is 2. The fourth-order valence-electron chi connectivity index (χ4n) is 1.91. The van der Waals surface area contributed by atoms with E-state index in [9.17, 15) is 4.79 Å². The van der Waals surface area contributed by atoms with Crippen molar-refractivity contribution >= 4 is 11.7 Å². The third kappa shape index (κ3) is 3.17. The van der Waals surface area contributed by atoms with Gasteiger partial charge in [-0.15, -0.1) is 0 Å². The number of pyridine rings is 1. The number of rotatable bonds is 4. The van der Waals surface area contributed by atoms with Crippen LogP contribution in [0.5, 0.6) is 0 Å². The molecule has 2 heterocycles. The first-order chi connectivity index (χ1) is 8.27. The Morgan fingerprint density at radius 3 is 3.18 bits per heavy atom. The molecule has 5 heteroatoms. The molecule has 0 saturated carbocycles. The van der Waals surface area contributed by atoms with Crippen LogP contribution in [-0.2, 0) is 4.74 Å². The highest BCUT2D eigenvalue weighted by Crippen LogP contribution is 2.16. The molecule has 0 aliphatic carbocycles. The van der Waals surface area contributed by atoms with Gasteiger partial charge in [0.05, 0.1) is 23.6 Å². The maximum atomic E-state index is 11.0. The van der Waals surface area contributed by atoms with Crippen molar-refractivity contribution in [1.82, 2.24) is 4.98 Å². The molecule has 0 radical (unpaired) electrons. The second kappa shape index (κ2) is 5.63. The Bertz CT molecular complexity index is 389. The second-order valence-electron chi connectivity index (χ2n) is 4.10. The number of carbonyl (C=O) groups is 1. The minimum absolute atomic E-state index is 0.172. The van der Waals surface area contributed by atoms with E-state index in [1.165, 1.54) is 24.9 Å². The normalized spacial score (nSPS) is 19.9. The van der Waals surface area contributed by atoms with Crippen LogP contribution in [0, 0.1) is 0 Å². The first kappa shape index (κ1) is 11.9. The summed E-state index contributed by atoms with van der Waals surface area (Å²) >= 11 is 0. The summed E-state index contributed by atoms with van der Waals surface area (Å²) in [6.07, 6.45) is 6.49. The van der Waals surface area contributed by atoms with E-state index in [0.717, 1.165) is 19.4 Å². The molecular weight excluding hydrogens is 220 g/mol. The predicted octanol–water partition coefficient (Wildman–Crippen LogP) is 1.76. The van der Waals surface area contributed by atoms with Crippen molar-refractivity contribution in [2.45, 2.75) is 25.4 Å². The summed E-state index contributed by atoms with van der Waals surface area (Å²) in [4.78, 5) is 14.9. The summed E-state index contributed by atoms with van der Waals surface area (Å²) in [5, 5.41) is 12.1. The quantitative estimate of drug-likeness (QED) is 0.833. The topological polar surface area (TPSA) is 71.5 Å². The van der Waals surface area contributed by atoms with Crippen LogP contribution in [0.3, 0.4) is 0 Å². The number of aromatic nitrogens is 1. The first-order valence-corrected chi connectivity index (χ1v) is 5.80. The van der Waals surface area contributed by atoms with Crippen molar-refractivity contribution in [2.24, 2.45) is 0 Å². The lowest BCUT2D eigenvalue weighted by Gasteiger charge is -2.23. The Balaban J connectivity index is 1.96. The van der Waals surface area contributed by atoms with E-state index in [2.05, 4.69) is 10.3 Å². The molecule has 2 N–H and O–H groups in total. The van der Waals surface area contributed by atoms with Crippen LogP contribution in [0.1, 0.15) is 29.6 Å². The van der Waals surface area contributed by atoms with Crippen LogP contribution < -0.4 is 5.32 Å². The number of hydrogen-bond acceptors (Lipinski definition) is 4. The number of aromatic carboxylic acids is 1. The van der Waals surface area contributed by atoms with Gasteiger partial charge in [0, 0.05) is 19.3 Å². The van der Waals surface area contributed by atoms with Gasteiger partial charge >= 0.3 is 5.97 Å². The minimum atomic E-state index is -0.945. The predicted molar refractivity (Wildman–Crippen MR) is 63.3 cm³/mol. The smallest absolute Gasteiger partial charge is 0.337 e. The molecule has 0 spiro atoms. The van der Waals surface area contributed by atoms with Crippen LogP contribution in [0.25, 0.3) is 0 Å². The average Bonchev–Trinajstić information content (AvgIpc) is 2.38. The Hall–Kier alpha value is -1.62. The lowest BCUT2D eigenvalue weighted by atomic mass is 10.1. The van der Waals surface area contributed by atoms with Crippen molar-refractivity contribution in [3.05, 3.63) is 24.0 Å². The van der Waals surface area contributed by atoms with Crippen molar-refractivity contribution < 1.29 is 14.6 Å². The molecule has 0 unspecified atom stereocenters. The SMILES string of the molecule is O=C(O)c1ccncc1NC[C@@H]1CCCCO1. The van der Waals surface area contributed by atoms with Crippen LogP contribution in [0.15, 0.2) is 18.5 Å². The molecule has 1 fully saturated rings. The van der Waals surface area contributed by atoms with Gasteiger partial charge in [-0.3, -0.25) is 4.98 Å². The van der Waals surface area contributed by atoms with E-state index in [0.29, 0.717) is 12.2 Å². The summed E-state index contributed by atoms with van der Waals surface area (Å²) < 4.78 is 5.57. The summed E-state index contributed by atoms with van der Waals surface area (Å²) in [6.45, 7) is 1.43. The Labute approximate surface area is 99.8 Å². The van der Waals surface area contributed by atoms with Crippen molar-refractivity contribution in [3.8, 4) is 0 Å². The average molecular weight is 236 g/mol. The lowest BCUT2D eigenvalue weighted by Crippen LogP contribution is -2.27. The van der Waals surface area contributed by atoms with Crippen molar-refractivity contribution in [2.75, 3.05) is 18.5 Å². The largest absolute Gasteiger partial charge is 0.478 e. The fourth-order valence-corrected chi connectivity index (χ4v) is 1.91. The molecule has 92 valence electrons. The fraction of sp³-hybridized carbons (Fsp3) is 0.500. The number of anilines is 1. The highest BCUT2D eigenvalue weighted by atomic mass is 16.5. The highest BCUT2D eigenvalue weighted by molar-refractivity contribution is 5.93. The molecule has 0 aromatic carbocycles. The monoisotopic (exact) mass is 236 g/mol. The van der Waals surface area contributed by atoms with E-state index >= 15 is 0 Å². The minimum Gasteiger partial charge on any atom is -0.478 e. The second-order valence-corrected chi connectivity index (χ2v) is 4.10. The van der Waals surface area contributed by atoms with Crippen LogP contribution in [0.2, 0.25) is 0 Å². The van der Waals surface area contributed by atoms with Gasteiger partial charge in [-0.05, 0) is 25.3 Å². The zero-order valence-corrected chi connectivity index (χ0v) is 9.56. The van der Waals surface area contributed by atoms with Gasteiger partial charge in [0.2, 0.25) is 0 Å². The van der Waals surface area contributed by atoms with Crippen LogP contribution in [-0.4, -0.2) is 35.3 Å². The Kier molecular flexibility index (Phi) is 3.93. The molecule has 1 aromatic rings. The maximum absolute atomic E-state index is 11.0. The summed E-state index contributed by atoms with van der Waals surface area (Å²) in [6, 6.07) is 1.49. The molecule has 1 saturated heterocycles. The van der Waals surface area contributed by atoms with Gasteiger partial charge in [-0.2, -0.15) is 0 Å². The molecule has 0 amide bonds. The number of carboxylic acids is 1.